The monoisotopic (exact) mass is 505 g/mol. The summed E-state index contributed by atoms with van der Waals surface area (Å²) in [6, 6.07) is 12.5. The van der Waals surface area contributed by atoms with Crippen molar-refractivity contribution in [3.63, 3.8) is 0 Å². The second-order valence-electron chi connectivity index (χ2n) is 8.48. The lowest BCUT2D eigenvalue weighted by atomic mass is 10.0. The number of halogens is 6. The van der Waals surface area contributed by atoms with Gasteiger partial charge in [-0.15, -0.1) is 0 Å². The van der Waals surface area contributed by atoms with Crippen molar-refractivity contribution >= 4 is 28.5 Å². The maximum absolute atomic E-state index is 13.6. The minimum atomic E-state index is -4.57. The fraction of sp³-hybridized carbons (Fsp3) is 0.240. The quantitative estimate of drug-likeness (QED) is 0.265. The Morgan fingerprint density at radius 1 is 0.778 bits per heavy atom. The van der Waals surface area contributed by atoms with Crippen LogP contribution in [0.1, 0.15) is 25.0 Å². The van der Waals surface area contributed by atoms with Crippen molar-refractivity contribution < 1.29 is 26.3 Å². The summed E-state index contributed by atoms with van der Waals surface area (Å²) in [5.74, 6) is 0.669. The molecule has 0 amide bonds. The molecule has 0 fully saturated rings. The number of anilines is 3. The highest BCUT2D eigenvalue weighted by Crippen LogP contribution is 2.37. The van der Waals surface area contributed by atoms with Crippen molar-refractivity contribution in [2.24, 2.45) is 5.92 Å². The van der Waals surface area contributed by atoms with E-state index in [0.29, 0.717) is 17.6 Å². The van der Waals surface area contributed by atoms with Gasteiger partial charge >= 0.3 is 12.4 Å². The highest BCUT2D eigenvalue weighted by atomic mass is 19.4. The molecule has 4 rings (SSSR count). The molecule has 0 bridgehead atoms. The average Bonchev–Trinajstić information content (AvgIpc) is 2.81. The summed E-state index contributed by atoms with van der Waals surface area (Å²) in [7, 11) is 0. The summed E-state index contributed by atoms with van der Waals surface area (Å²) < 4.78 is 79.4. The Hall–Kier alpha value is -3.89. The second kappa shape index (κ2) is 9.63. The van der Waals surface area contributed by atoms with Gasteiger partial charge in [0, 0.05) is 17.8 Å². The smallest absolute Gasteiger partial charge is 0.354 e. The number of pyridine rings is 1. The van der Waals surface area contributed by atoms with Crippen LogP contribution in [0.4, 0.5) is 43.8 Å². The van der Waals surface area contributed by atoms with Crippen LogP contribution in [-0.4, -0.2) is 21.5 Å². The van der Waals surface area contributed by atoms with E-state index in [1.807, 2.05) is 13.8 Å². The average molecular weight is 505 g/mol. The van der Waals surface area contributed by atoms with E-state index in [2.05, 4.69) is 25.6 Å². The number of aromatic nitrogens is 3. The lowest BCUT2D eigenvalue weighted by molar-refractivity contribution is -0.138. The minimum Gasteiger partial charge on any atom is -0.354 e. The molecule has 0 aliphatic carbocycles. The number of nitrogens with zero attached hydrogens (tertiary/aromatic N) is 3. The van der Waals surface area contributed by atoms with Crippen molar-refractivity contribution in [2.45, 2.75) is 26.2 Å². The van der Waals surface area contributed by atoms with Crippen LogP contribution in [0, 0.1) is 5.92 Å². The summed E-state index contributed by atoms with van der Waals surface area (Å²) in [5.41, 5.74) is -1.19. The van der Waals surface area contributed by atoms with Gasteiger partial charge in [0.15, 0.2) is 5.65 Å². The fourth-order valence-electron chi connectivity index (χ4n) is 3.46. The maximum atomic E-state index is 13.6. The van der Waals surface area contributed by atoms with Crippen LogP contribution in [0.15, 0.2) is 60.7 Å². The first-order chi connectivity index (χ1) is 16.9. The standard InChI is InChI=1S/C25H21F6N5/c1-14(2)13-32-23-35-21(33-16-9-7-15(8-10-16)24(26,27)28)18-11-12-20(34-22(18)36-23)17-5-3-4-6-19(17)25(29,30)31/h3-12,14H,13H2,1-2H3,(H2,32,33,34,35,36). The van der Waals surface area contributed by atoms with Crippen LogP contribution in [0.2, 0.25) is 0 Å². The van der Waals surface area contributed by atoms with Gasteiger partial charge in [-0.3, -0.25) is 0 Å². The van der Waals surface area contributed by atoms with Crippen molar-refractivity contribution in [3.8, 4) is 11.3 Å². The topological polar surface area (TPSA) is 62.7 Å². The zero-order valence-electron chi connectivity index (χ0n) is 19.2. The third-order valence-corrected chi connectivity index (χ3v) is 5.21. The van der Waals surface area contributed by atoms with E-state index in [-0.39, 0.29) is 34.6 Å². The van der Waals surface area contributed by atoms with E-state index >= 15 is 0 Å². The molecule has 0 spiro atoms. The molecule has 0 unspecified atom stereocenters. The normalized spacial score (nSPS) is 12.2. The first-order valence-corrected chi connectivity index (χ1v) is 11.0. The Morgan fingerprint density at radius 3 is 2.11 bits per heavy atom. The predicted molar refractivity (Wildman–Crippen MR) is 126 cm³/mol. The molecule has 5 nitrogen and oxygen atoms in total. The third-order valence-electron chi connectivity index (χ3n) is 5.21. The van der Waals surface area contributed by atoms with Crippen LogP contribution in [0.5, 0.6) is 0 Å². The molecular formula is C25H21F6N5. The van der Waals surface area contributed by atoms with Gasteiger partial charge in [0.2, 0.25) is 5.95 Å². The van der Waals surface area contributed by atoms with Crippen LogP contribution in [-0.2, 0) is 12.4 Å². The Kier molecular flexibility index (Phi) is 6.75. The van der Waals surface area contributed by atoms with Gasteiger partial charge < -0.3 is 10.6 Å². The van der Waals surface area contributed by atoms with Gasteiger partial charge in [-0.25, -0.2) is 4.98 Å². The zero-order chi connectivity index (χ0) is 26.1. The van der Waals surface area contributed by atoms with Crippen LogP contribution < -0.4 is 10.6 Å². The first kappa shape index (κ1) is 25.2. The minimum absolute atomic E-state index is 0.0735. The Bertz CT molecular complexity index is 1360. The molecule has 188 valence electrons. The highest BCUT2D eigenvalue weighted by Gasteiger charge is 2.34. The van der Waals surface area contributed by atoms with Crippen LogP contribution >= 0.6 is 0 Å². The molecule has 11 heteroatoms. The summed E-state index contributed by atoms with van der Waals surface area (Å²) in [6.45, 7) is 4.46. The van der Waals surface area contributed by atoms with E-state index in [1.54, 1.807) is 0 Å². The lowest BCUT2D eigenvalue weighted by Crippen LogP contribution is -2.12. The molecule has 0 radical (unpaired) electrons. The Labute approximate surface area is 202 Å². The van der Waals surface area contributed by atoms with Crippen LogP contribution in [0.3, 0.4) is 0 Å². The third kappa shape index (κ3) is 5.67. The Balaban J connectivity index is 1.79. The number of hydrogen-bond acceptors (Lipinski definition) is 5. The molecule has 2 aromatic heterocycles. The van der Waals surface area contributed by atoms with Crippen molar-refractivity contribution in [1.82, 2.24) is 15.0 Å². The van der Waals surface area contributed by atoms with Gasteiger partial charge in [-0.05, 0) is 48.4 Å². The van der Waals surface area contributed by atoms with Crippen LogP contribution in [0.25, 0.3) is 22.3 Å². The summed E-state index contributed by atoms with van der Waals surface area (Å²) >= 11 is 0. The molecule has 36 heavy (non-hydrogen) atoms. The predicted octanol–water partition coefficient (Wildman–Crippen LogP) is 7.54. The fourth-order valence-corrected chi connectivity index (χ4v) is 3.46. The molecule has 2 N–H and O–H groups in total. The number of rotatable bonds is 6. The maximum Gasteiger partial charge on any atom is 0.417 e. The van der Waals surface area contributed by atoms with E-state index in [0.717, 1.165) is 18.2 Å². The van der Waals surface area contributed by atoms with Gasteiger partial charge in [0.1, 0.15) is 5.82 Å². The van der Waals surface area contributed by atoms with Gasteiger partial charge in [0.05, 0.1) is 22.2 Å². The van der Waals surface area contributed by atoms with Gasteiger partial charge in [-0.1, -0.05) is 32.0 Å². The number of alkyl halides is 6. The van der Waals surface area contributed by atoms with Crippen molar-refractivity contribution in [1.29, 1.82) is 0 Å². The van der Waals surface area contributed by atoms with E-state index < -0.39 is 23.5 Å². The van der Waals surface area contributed by atoms with E-state index in [1.165, 1.54) is 42.5 Å². The molecular weight excluding hydrogens is 484 g/mol. The largest absolute Gasteiger partial charge is 0.417 e. The SMILES string of the molecule is CC(C)CNc1nc(Nc2ccc(C(F)(F)F)cc2)c2ccc(-c3ccccc3C(F)(F)F)nc2n1. The van der Waals surface area contributed by atoms with E-state index in [9.17, 15) is 26.3 Å². The van der Waals surface area contributed by atoms with Crippen molar-refractivity contribution in [2.75, 3.05) is 17.2 Å². The summed E-state index contributed by atoms with van der Waals surface area (Å²) in [4.78, 5) is 13.2. The molecule has 0 aliphatic rings. The number of hydrogen-bond donors (Lipinski definition) is 2. The Morgan fingerprint density at radius 2 is 1.47 bits per heavy atom. The highest BCUT2D eigenvalue weighted by molar-refractivity contribution is 5.91. The molecule has 2 aromatic carbocycles. The molecule has 4 aromatic rings. The summed E-state index contributed by atoms with van der Waals surface area (Å²) in [6.07, 6.45) is -9.04. The molecule has 0 aliphatic heterocycles. The molecule has 0 saturated carbocycles. The molecule has 0 saturated heterocycles. The molecule has 0 atom stereocenters. The molecule has 2 heterocycles. The van der Waals surface area contributed by atoms with E-state index in [4.69, 9.17) is 0 Å². The van der Waals surface area contributed by atoms with Gasteiger partial charge in [-0.2, -0.15) is 36.3 Å². The summed E-state index contributed by atoms with van der Waals surface area (Å²) in [5, 5.41) is 6.41. The zero-order valence-corrected chi connectivity index (χ0v) is 19.2. The first-order valence-electron chi connectivity index (χ1n) is 11.0. The van der Waals surface area contributed by atoms with Gasteiger partial charge in [0.25, 0.3) is 0 Å². The lowest BCUT2D eigenvalue weighted by Gasteiger charge is -2.15. The number of nitrogens with one attached hydrogen (secondary N) is 2. The number of benzene rings is 2. The van der Waals surface area contributed by atoms with Crippen molar-refractivity contribution in [3.05, 3.63) is 71.8 Å². The number of fused-ring (bicyclic) bond motifs is 1. The second-order valence-corrected chi connectivity index (χ2v) is 8.48.